The summed E-state index contributed by atoms with van der Waals surface area (Å²) in [5, 5.41) is 0. The minimum absolute atomic E-state index is 0.205. The van der Waals surface area contributed by atoms with Crippen LogP contribution in [0.4, 0.5) is 4.39 Å². The van der Waals surface area contributed by atoms with Gasteiger partial charge in [-0.05, 0) is 24.1 Å². The molecule has 1 N–H and O–H groups in total. The SMILES string of the molecule is O=C(C(Cc1ccccc1)NS(=O)(=O)c1ccccc1F)N1CCSCC1. The second-order valence-electron chi connectivity index (χ2n) is 6.23. The summed E-state index contributed by atoms with van der Waals surface area (Å²) in [6.07, 6.45) is 0.205. The first-order valence-electron chi connectivity index (χ1n) is 8.65. The summed E-state index contributed by atoms with van der Waals surface area (Å²) in [5.74, 6) is 0.526. The van der Waals surface area contributed by atoms with Gasteiger partial charge in [-0.15, -0.1) is 0 Å². The highest BCUT2D eigenvalue weighted by Gasteiger charge is 2.31. The van der Waals surface area contributed by atoms with Crippen molar-refractivity contribution in [2.24, 2.45) is 0 Å². The second-order valence-corrected chi connectivity index (χ2v) is 9.14. The maximum absolute atomic E-state index is 14.0. The number of rotatable bonds is 6. The number of hydrogen-bond acceptors (Lipinski definition) is 4. The normalized spacial score (nSPS) is 16.1. The lowest BCUT2D eigenvalue weighted by Gasteiger charge is -2.30. The van der Waals surface area contributed by atoms with E-state index < -0.39 is 26.8 Å². The minimum atomic E-state index is -4.17. The van der Waals surface area contributed by atoms with Crippen LogP contribution in [0.3, 0.4) is 0 Å². The number of hydrogen-bond donors (Lipinski definition) is 1. The van der Waals surface area contributed by atoms with Crippen LogP contribution in [0.2, 0.25) is 0 Å². The summed E-state index contributed by atoms with van der Waals surface area (Å²) in [6, 6.07) is 13.4. The highest BCUT2D eigenvalue weighted by atomic mass is 32.2. The summed E-state index contributed by atoms with van der Waals surface area (Å²) in [4.78, 5) is 14.2. The van der Waals surface area contributed by atoms with E-state index >= 15 is 0 Å². The van der Waals surface area contributed by atoms with Gasteiger partial charge in [0.2, 0.25) is 15.9 Å². The second kappa shape index (κ2) is 8.86. The average molecular weight is 409 g/mol. The molecule has 2 aromatic rings. The average Bonchev–Trinajstić information content (AvgIpc) is 2.68. The third-order valence-electron chi connectivity index (χ3n) is 4.33. The first-order chi connectivity index (χ1) is 13.0. The molecule has 0 aromatic heterocycles. The van der Waals surface area contributed by atoms with E-state index in [2.05, 4.69) is 4.72 Å². The molecule has 1 aliphatic rings. The first-order valence-corrected chi connectivity index (χ1v) is 11.3. The molecule has 0 aliphatic carbocycles. The van der Waals surface area contributed by atoms with Gasteiger partial charge in [0.05, 0.1) is 0 Å². The molecule has 1 saturated heterocycles. The Morgan fingerprint density at radius 1 is 1.07 bits per heavy atom. The molecule has 0 bridgehead atoms. The van der Waals surface area contributed by atoms with Crippen LogP contribution in [-0.2, 0) is 21.2 Å². The highest BCUT2D eigenvalue weighted by molar-refractivity contribution is 7.99. The van der Waals surface area contributed by atoms with Crippen LogP contribution in [0.5, 0.6) is 0 Å². The van der Waals surface area contributed by atoms with Crippen LogP contribution in [0.15, 0.2) is 59.5 Å². The molecule has 1 amide bonds. The van der Waals surface area contributed by atoms with Gasteiger partial charge in [-0.25, -0.2) is 12.8 Å². The van der Waals surface area contributed by atoms with E-state index in [1.807, 2.05) is 30.3 Å². The Morgan fingerprint density at radius 2 is 1.70 bits per heavy atom. The standard InChI is InChI=1S/C19H21FN2O3S2/c20-16-8-4-5-9-18(16)27(24,25)21-17(14-15-6-2-1-3-7-15)19(23)22-10-12-26-13-11-22/h1-9,17,21H,10-14H2. The Bertz CT molecular complexity index is 885. The third kappa shape index (κ3) is 5.09. The maximum atomic E-state index is 14.0. The van der Waals surface area contributed by atoms with Gasteiger partial charge in [0.15, 0.2) is 0 Å². The predicted molar refractivity (Wildman–Crippen MR) is 105 cm³/mol. The van der Waals surface area contributed by atoms with Crippen molar-refractivity contribution in [2.45, 2.75) is 17.4 Å². The van der Waals surface area contributed by atoms with Gasteiger partial charge in [0.25, 0.3) is 0 Å². The minimum Gasteiger partial charge on any atom is -0.340 e. The van der Waals surface area contributed by atoms with Crippen molar-refractivity contribution in [3.63, 3.8) is 0 Å². The molecule has 1 fully saturated rings. The van der Waals surface area contributed by atoms with Crippen LogP contribution >= 0.6 is 11.8 Å². The smallest absolute Gasteiger partial charge is 0.244 e. The van der Waals surface area contributed by atoms with Gasteiger partial charge in [-0.3, -0.25) is 4.79 Å². The molecule has 27 heavy (non-hydrogen) atoms. The van der Waals surface area contributed by atoms with E-state index in [-0.39, 0.29) is 12.3 Å². The third-order valence-corrected chi connectivity index (χ3v) is 6.77. The molecule has 1 aliphatic heterocycles. The zero-order chi connectivity index (χ0) is 19.3. The molecule has 2 aromatic carbocycles. The monoisotopic (exact) mass is 408 g/mol. The summed E-state index contributed by atoms with van der Waals surface area (Å²) >= 11 is 1.76. The molecule has 0 radical (unpaired) electrons. The maximum Gasteiger partial charge on any atom is 0.244 e. The number of benzene rings is 2. The molecule has 1 heterocycles. The molecule has 144 valence electrons. The van der Waals surface area contributed by atoms with Crippen LogP contribution in [0.25, 0.3) is 0 Å². The summed E-state index contributed by atoms with van der Waals surface area (Å²) < 4.78 is 41.9. The summed E-state index contributed by atoms with van der Waals surface area (Å²) in [5.41, 5.74) is 0.832. The number of thioether (sulfide) groups is 1. The lowest BCUT2D eigenvalue weighted by atomic mass is 10.1. The van der Waals surface area contributed by atoms with E-state index in [1.165, 1.54) is 18.2 Å². The van der Waals surface area contributed by atoms with Gasteiger partial charge < -0.3 is 4.90 Å². The van der Waals surface area contributed by atoms with Gasteiger partial charge >= 0.3 is 0 Å². The Morgan fingerprint density at radius 3 is 2.37 bits per heavy atom. The highest BCUT2D eigenvalue weighted by Crippen LogP contribution is 2.17. The molecule has 8 heteroatoms. The Labute approximate surface area is 163 Å². The van der Waals surface area contributed by atoms with E-state index in [0.29, 0.717) is 13.1 Å². The van der Waals surface area contributed by atoms with Crippen molar-refractivity contribution in [3.8, 4) is 0 Å². The molecule has 0 spiro atoms. The quantitative estimate of drug-likeness (QED) is 0.797. The molecule has 0 saturated carbocycles. The molecule has 3 rings (SSSR count). The van der Waals surface area contributed by atoms with Crippen molar-refractivity contribution in [1.29, 1.82) is 0 Å². The predicted octanol–water partition coefficient (Wildman–Crippen LogP) is 2.29. The van der Waals surface area contributed by atoms with E-state index in [1.54, 1.807) is 16.7 Å². The van der Waals surface area contributed by atoms with Crippen LogP contribution in [0, 0.1) is 5.82 Å². The topological polar surface area (TPSA) is 66.5 Å². The number of carbonyl (C=O) groups excluding carboxylic acids is 1. The fraction of sp³-hybridized carbons (Fsp3) is 0.316. The van der Waals surface area contributed by atoms with Crippen molar-refractivity contribution in [3.05, 3.63) is 66.0 Å². The van der Waals surface area contributed by atoms with E-state index in [4.69, 9.17) is 0 Å². The molecular formula is C19H21FN2O3S2. The van der Waals surface area contributed by atoms with Crippen molar-refractivity contribution in [1.82, 2.24) is 9.62 Å². The van der Waals surface area contributed by atoms with Gasteiger partial charge in [0.1, 0.15) is 16.8 Å². The zero-order valence-electron chi connectivity index (χ0n) is 14.7. The lowest BCUT2D eigenvalue weighted by molar-refractivity contribution is -0.132. The number of nitrogens with one attached hydrogen (secondary N) is 1. The zero-order valence-corrected chi connectivity index (χ0v) is 16.3. The largest absolute Gasteiger partial charge is 0.340 e. The number of amides is 1. The van der Waals surface area contributed by atoms with E-state index in [9.17, 15) is 17.6 Å². The van der Waals surface area contributed by atoms with E-state index in [0.717, 1.165) is 23.1 Å². The Kier molecular flexibility index (Phi) is 6.51. The fourth-order valence-corrected chi connectivity index (χ4v) is 5.12. The van der Waals surface area contributed by atoms with Crippen LogP contribution in [0.1, 0.15) is 5.56 Å². The number of nitrogens with zero attached hydrogens (tertiary/aromatic N) is 1. The first kappa shape index (κ1) is 19.9. The van der Waals surface area contributed by atoms with Crippen molar-refractivity contribution >= 4 is 27.7 Å². The molecule has 1 unspecified atom stereocenters. The fourth-order valence-electron chi connectivity index (χ4n) is 2.95. The van der Waals surface area contributed by atoms with Gasteiger partial charge in [0, 0.05) is 24.6 Å². The lowest BCUT2D eigenvalue weighted by Crippen LogP contribution is -2.51. The summed E-state index contributed by atoms with van der Waals surface area (Å²) in [6.45, 7) is 1.16. The van der Waals surface area contributed by atoms with Gasteiger partial charge in [-0.1, -0.05) is 42.5 Å². The molecular weight excluding hydrogens is 387 g/mol. The Hall–Kier alpha value is -1.90. The molecule has 5 nitrogen and oxygen atoms in total. The Balaban J connectivity index is 1.86. The number of halogens is 1. The number of carbonyl (C=O) groups is 1. The molecule has 1 atom stereocenters. The van der Waals surface area contributed by atoms with Crippen molar-refractivity contribution < 1.29 is 17.6 Å². The number of sulfonamides is 1. The van der Waals surface area contributed by atoms with Crippen LogP contribution < -0.4 is 4.72 Å². The van der Waals surface area contributed by atoms with Crippen LogP contribution in [-0.4, -0.2) is 49.9 Å². The van der Waals surface area contributed by atoms with Crippen molar-refractivity contribution in [2.75, 3.05) is 24.6 Å². The van der Waals surface area contributed by atoms with Gasteiger partial charge in [-0.2, -0.15) is 16.5 Å². The summed E-state index contributed by atoms with van der Waals surface area (Å²) in [7, 11) is -4.17.